The molecule has 2 atom stereocenters. The van der Waals surface area contributed by atoms with Crippen LogP contribution in [0, 0.1) is 12.8 Å². The first-order valence-electron chi connectivity index (χ1n) is 6.63. The fraction of sp³-hybridized carbons (Fsp3) is 0.462. The molecule has 1 aliphatic rings. The summed E-state index contributed by atoms with van der Waals surface area (Å²) in [6.45, 7) is 3.61. The molecule has 0 radical (unpaired) electrons. The minimum absolute atomic E-state index is 0. The molecule has 0 bridgehead atoms. The average molecular weight is 312 g/mol. The van der Waals surface area contributed by atoms with E-state index in [0.717, 1.165) is 5.69 Å². The second-order valence-electron chi connectivity index (χ2n) is 5.09. The Hall–Kier alpha value is -1.70. The molecule has 7 nitrogen and oxygen atoms in total. The summed E-state index contributed by atoms with van der Waals surface area (Å²) in [7, 11) is 0. The zero-order valence-electron chi connectivity index (χ0n) is 11.6. The van der Waals surface area contributed by atoms with Crippen LogP contribution in [0.15, 0.2) is 18.5 Å². The number of nitrogens with one attached hydrogen (secondary N) is 2. The molecule has 0 spiro atoms. The molecule has 0 aliphatic carbocycles. The van der Waals surface area contributed by atoms with E-state index in [1.807, 2.05) is 13.0 Å². The third-order valence-electron chi connectivity index (χ3n) is 3.58. The van der Waals surface area contributed by atoms with Gasteiger partial charge in [0.25, 0.3) is 5.91 Å². The standard InChI is InChI=1S/C13H17N5O2.ClH/c1-8-2-3-18-12(17-8)10(6-16-18)13(20)15-5-9-4-14-7-11(9)19;/h2-3,6,9,11,14,19H,4-5,7H2,1H3,(H,15,20);1H. The summed E-state index contributed by atoms with van der Waals surface area (Å²) >= 11 is 0. The number of rotatable bonds is 3. The fourth-order valence-electron chi connectivity index (χ4n) is 2.37. The van der Waals surface area contributed by atoms with Gasteiger partial charge in [-0.2, -0.15) is 5.10 Å². The normalized spacial score (nSPS) is 21.2. The second-order valence-corrected chi connectivity index (χ2v) is 5.09. The predicted octanol–water partition coefficient (Wildman–Crippen LogP) is -0.230. The van der Waals surface area contributed by atoms with Gasteiger partial charge in [0.05, 0.1) is 12.3 Å². The van der Waals surface area contributed by atoms with Crippen molar-refractivity contribution in [2.24, 2.45) is 5.92 Å². The van der Waals surface area contributed by atoms with Crippen molar-refractivity contribution < 1.29 is 9.90 Å². The summed E-state index contributed by atoms with van der Waals surface area (Å²) < 4.78 is 1.58. The van der Waals surface area contributed by atoms with Crippen molar-refractivity contribution in [1.29, 1.82) is 0 Å². The highest BCUT2D eigenvalue weighted by molar-refractivity contribution is 5.99. The van der Waals surface area contributed by atoms with Gasteiger partial charge in [0.15, 0.2) is 5.65 Å². The maximum Gasteiger partial charge on any atom is 0.256 e. The molecule has 2 aromatic rings. The molecule has 3 heterocycles. The Morgan fingerprint density at radius 1 is 1.57 bits per heavy atom. The third kappa shape index (κ3) is 3.15. The predicted molar refractivity (Wildman–Crippen MR) is 79.7 cm³/mol. The van der Waals surface area contributed by atoms with Crippen molar-refractivity contribution in [1.82, 2.24) is 25.2 Å². The lowest BCUT2D eigenvalue weighted by Gasteiger charge is -2.13. The molecule has 2 aromatic heterocycles. The number of amides is 1. The Morgan fingerprint density at radius 2 is 2.38 bits per heavy atom. The maximum atomic E-state index is 12.2. The molecule has 1 amide bonds. The van der Waals surface area contributed by atoms with Crippen LogP contribution in [0.2, 0.25) is 0 Å². The van der Waals surface area contributed by atoms with E-state index >= 15 is 0 Å². The lowest BCUT2D eigenvalue weighted by molar-refractivity contribution is 0.0928. The van der Waals surface area contributed by atoms with Gasteiger partial charge < -0.3 is 15.7 Å². The number of carbonyl (C=O) groups is 1. The zero-order chi connectivity index (χ0) is 14.1. The van der Waals surface area contributed by atoms with Crippen LogP contribution in [0.5, 0.6) is 0 Å². The van der Waals surface area contributed by atoms with Gasteiger partial charge in [-0.15, -0.1) is 12.4 Å². The monoisotopic (exact) mass is 311 g/mol. The van der Waals surface area contributed by atoms with Crippen LogP contribution < -0.4 is 10.6 Å². The number of fused-ring (bicyclic) bond motifs is 1. The largest absolute Gasteiger partial charge is 0.391 e. The maximum absolute atomic E-state index is 12.2. The smallest absolute Gasteiger partial charge is 0.256 e. The Labute approximate surface area is 128 Å². The van der Waals surface area contributed by atoms with Crippen molar-refractivity contribution in [2.45, 2.75) is 13.0 Å². The van der Waals surface area contributed by atoms with Crippen LogP contribution in [0.3, 0.4) is 0 Å². The van der Waals surface area contributed by atoms with E-state index in [4.69, 9.17) is 0 Å². The topological polar surface area (TPSA) is 91.6 Å². The van der Waals surface area contributed by atoms with Gasteiger partial charge in [-0.25, -0.2) is 9.50 Å². The highest BCUT2D eigenvalue weighted by Crippen LogP contribution is 2.10. The van der Waals surface area contributed by atoms with Crippen molar-refractivity contribution in [2.75, 3.05) is 19.6 Å². The molecule has 3 N–H and O–H groups in total. The average Bonchev–Trinajstić information content (AvgIpc) is 3.02. The van der Waals surface area contributed by atoms with Gasteiger partial charge in [0, 0.05) is 37.4 Å². The number of aliphatic hydroxyl groups is 1. The Kier molecular flexibility index (Phi) is 4.76. The number of hydrogen-bond acceptors (Lipinski definition) is 5. The van der Waals surface area contributed by atoms with Gasteiger partial charge in [-0.1, -0.05) is 0 Å². The van der Waals surface area contributed by atoms with Crippen LogP contribution in [0.4, 0.5) is 0 Å². The number of β-amino-alcohol motifs (C(OH)–C–C–N with tert-alkyl or cyclic N) is 1. The molecule has 3 rings (SSSR count). The highest BCUT2D eigenvalue weighted by atomic mass is 35.5. The van der Waals surface area contributed by atoms with Crippen LogP contribution >= 0.6 is 12.4 Å². The number of carbonyl (C=O) groups excluding carboxylic acids is 1. The summed E-state index contributed by atoms with van der Waals surface area (Å²) in [5.74, 6) is -0.160. The number of nitrogens with zero attached hydrogens (tertiary/aromatic N) is 3. The van der Waals surface area contributed by atoms with Gasteiger partial charge in [-0.05, 0) is 13.0 Å². The third-order valence-corrected chi connectivity index (χ3v) is 3.58. The quantitative estimate of drug-likeness (QED) is 0.728. The number of aliphatic hydroxyl groups excluding tert-OH is 1. The molecule has 21 heavy (non-hydrogen) atoms. The van der Waals surface area contributed by atoms with E-state index in [-0.39, 0.29) is 24.2 Å². The van der Waals surface area contributed by atoms with Crippen LogP contribution in [0.25, 0.3) is 5.65 Å². The second kappa shape index (κ2) is 6.38. The summed E-state index contributed by atoms with van der Waals surface area (Å²) in [5.41, 5.74) is 1.84. The van der Waals surface area contributed by atoms with Gasteiger partial charge in [-0.3, -0.25) is 4.79 Å². The molecule has 0 saturated carbocycles. The first kappa shape index (κ1) is 15.7. The van der Waals surface area contributed by atoms with Crippen molar-refractivity contribution in [3.8, 4) is 0 Å². The lowest BCUT2D eigenvalue weighted by Crippen LogP contribution is -2.34. The lowest BCUT2D eigenvalue weighted by atomic mass is 10.1. The van der Waals surface area contributed by atoms with Gasteiger partial charge in [0.2, 0.25) is 0 Å². The Balaban J connectivity index is 0.00000161. The van der Waals surface area contributed by atoms with E-state index in [9.17, 15) is 9.90 Å². The van der Waals surface area contributed by atoms with Crippen LogP contribution in [0.1, 0.15) is 16.1 Å². The highest BCUT2D eigenvalue weighted by Gasteiger charge is 2.25. The van der Waals surface area contributed by atoms with Crippen molar-refractivity contribution >= 4 is 24.0 Å². The fourth-order valence-corrected chi connectivity index (χ4v) is 2.37. The SMILES string of the molecule is Cc1ccn2ncc(C(=O)NCC3CNCC3O)c2n1.Cl. The van der Waals surface area contributed by atoms with Gasteiger partial charge >= 0.3 is 0 Å². The Bertz CT molecular complexity index is 645. The Morgan fingerprint density at radius 3 is 3.10 bits per heavy atom. The molecule has 1 aliphatic heterocycles. The van der Waals surface area contributed by atoms with E-state index in [2.05, 4.69) is 20.7 Å². The van der Waals surface area contributed by atoms with Crippen molar-refractivity contribution in [3.05, 3.63) is 29.7 Å². The molecular formula is C13H18ClN5O2. The molecule has 1 saturated heterocycles. The van der Waals surface area contributed by atoms with Crippen molar-refractivity contribution in [3.63, 3.8) is 0 Å². The molecule has 2 unspecified atom stereocenters. The summed E-state index contributed by atoms with van der Waals surface area (Å²) in [6, 6.07) is 1.84. The molecule has 0 aromatic carbocycles. The zero-order valence-corrected chi connectivity index (χ0v) is 12.4. The van der Waals surface area contributed by atoms with E-state index in [1.54, 1.807) is 10.7 Å². The molecule has 8 heteroatoms. The minimum atomic E-state index is -0.403. The first-order chi connectivity index (χ1) is 9.65. The van der Waals surface area contributed by atoms with E-state index < -0.39 is 6.10 Å². The number of hydrogen-bond donors (Lipinski definition) is 3. The van der Waals surface area contributed by atoms with Gasteiger partial charge in [0.1, 0.15) is 5.56 Å². The van der Waals surface area contributed by atoms with Crippen LogP contribution in [-0.2, 0) is 0 Å². The molecule has 1 fully saturated rings. The first-order valence-corrected chi connectivity index (χ1v) is 6.63. The summed E-state index contributed by atoms with van der Waals surface area (Å²) in [6.07, 6.45) is 2.89. The van der Waals surface area contributed by atoms with Crippen LogP contribution in [-0.4, -0.2) is 51.4 Å². The summed E-state index contributed by atoms with van der Waals surface area (Å²) in [5, 5.41) is 19.7. The summed E-state index contributed by atoms with van der Waals surface area (Å²) in [4.78, 5) is 16.5. The number of aryl methyl sites for hydroxylation is 1. The number of aromatic nitrogens is 3. The molecular weight excluding hydrogens is 294 g/mol. The minimum Gasteiger partial charge on any atom is -0.391 e. The number of halogens is 1. The van der Waals surface area contributed by atoms with E-state index in [0.29, 0.717) is 30.8 Å². The van der Waals surface area contributed by atoms with E-state index in [1.165, 1.54) is 6.20 Å². The molecule has 114 valence electrons.